The molecule has 1 aromatic rings. The number of aromatic carboxylic acids is 1. The molecule has 3 nitrogen and oxygen atoms in total. The normalized spacial score (nSPS) is 18.8. The van der Waals surface area contributed by atoms with Crippen LogP contribution in [0.2, 0.25) is 0 Å². The summed E-state index contributed by atoms with van der Waals surface area (Å²) < 4.78 is 26.0. The molecule has 0 aromatic heterocycles. The first-order valence-corrected chi connectivity index (χ1v) is 4.95. The zero-order valence-corrected chi connectivity index (χ0v) is 8.49. The first-order valence-electron chi connectivity index (χ1n) is 4.95. The van der Waals surface area contributed by atoms with Crippen molar-refractivity contribution in [2.75, 3.05) is 18.0 Å². The van der Waals surface area contributed by atoms with E-state index in [0.717, 1.165) is 0 Å². The van der Waals surface area contributed by atoms with Crippen molar-refractivity contribution in [3.63, 3.8) is 0 Å². The molecule has 1 N–H and O–H groups in total. The van der Waals surface area contributed by atoms with Crippen molar-refractivity contribution in [3.05, 3.63) is 29.8 Å². The van der Waals surface area contributed by atoms with Crippen LogP contribution in [0.5, 0.6) is 0 Å². The first-order chi connectivity index (χ1) is 7.49. The van der Waals surface area contributed by atoms with Crippen LogP contribution in [0.25, 0.3) is 0 Å². The van der Waals surface area contributed by atoms with Gasteiger partial charge in [-0.25, -0.2) is 13.6 Å². The molecule has 1 aromatic carbocycles. The molecule has 2 rings (SSSR count). The number of carboxylic acid groups (broad SMARTS) is 1. The van der Waals surface area contributed by atoms with Gasteiger partial charge in [0.25, 0.3) is 5.92 Å². The predicted molar refractivity (Wildman–Crippen MR) is 55.2 cm³/mol. The van der Waals surface area contributed by atoms with Crippen molar-refractivity contribution in [2.24, 2.45) is 0 Å². The number of anilines is 1. The number of hydrogen-bond donors (Lipinski definition) is 1. The lowest BCUT2D eigenvalue weighted by Gasteiger charge is -2.19. The molecule has 0 unspecified atom stereocenters. The summed E-state index contributed by atoms with van der Waals surface area (Å²) in [6.45, 7) is -0.214. The van der Waals surface area contributed by atoms with Gasteiger partial charge in [0.05, 0.1) is 17.8 Å². The lowest BCUT2D eigenvalue weighted by Crippen LogP contribution is -2.26. The minimum atomic E-state index is -2.72. The average molecular weight is 227 g/mol. The van der Waals surface area contributed by atoms with Crippen molar-refractivity contribution >= 4 is 11.7 Å². The van der Waals surface area contributed by atoms with Gasteiger partial charge in [0.1, 0.15) is 0 Å². The Hall–Kier alpha value is -1.65. The predicted octanol–water partition coefficient (Wildman–Crippen LogP) is 2.23. The quantitative estimate of drug-likeness (QED) is 0.842. The van der Waals surface area contributed by atoms with E-state index in [1.54, 1.807) is 18.2 Å². The van der Waals surface area contributed by atoms with Gasteiger partial charge in [-0.15, -0.1) is 0 Å². The van der Waals surface area contributed by atoms with Crippen LogP contribution >= 0.6 is 0 Å². The van der Waals surface area contributed by atoms with Crippen molar-refractivity contribution in [2.45, 2.75) is 12.3 Å². The molecule has 1 aliphatic rings. The van der Waals surface area contributed by atoms with Crippen molar-refractivity contribution in [3.8, 4) is 0 Å². The molecule has 1 fully saturated rings. The van der Waals surface area contributed by atoms with Gasteiger partial charge >= 0.3 is 5.97 Å². The molecule has 1 saturated heterocycles. The average Bonchev–Trinajstić information content (AvgIpc) is 2.59. The number of alkyl halides is 2. The number of nitrogens with zero attached hydrogens (tertiary/aromatic N) is 1. The molecule has 1 heterocycles. The third-order valence-corrected chi connectivity index (χ3v) is 2.64. The minimum absolute atomic E-state index is 0.0696. The summed E-state index contributed by atoms with van der Waals surface area (Å²) in [5.41, 5.74) is 0.437. The number of carbonyl (C=O) groups is 1. The molecular formula is C11H11F2NO2. The van der Waals surface area contributed by atoms with Crippen LogP contribution in [0.3, 0.4) is 0 Å². The van der Waals surface area contributed by atoms with E-state index in [-0.39, 0.29) is 18.5 Å². The molecule has 0 radical (unpaired) electrons. The van der Waals surface area contributed by atoms with Crippen LogP contribution in [0.1, 0.15) is 16.8 Å². The second-order valence-electron chi connectivity index (χ2n) is 3.85. The largest absolute Gasteiger partial charge is 0.478 e. The Morgan fingerprint density at radius 3 is 2.62 bits per heavy atom. The third-order valence-electron chi connectivity index (χ3n) is 2.64. The van der Waals surface area contributed by atoms with Crippen molar-refractivity contribution in [1.29, 1.82) is 0 Å². The minimum Gasteiger partial charge on any atom is -0.478 e. The molecule has 0 saturated carbocycles. The van der Waals surface area contributed by atoms with Gasteiger partial charge in [0, 0.05) is 13.0 Å². The maximum Gasteiger partial charge on any atom is 0.337 e. The van der Waals surface area contributed by atoms with Gasteiger partial charge in [-0.05, 0) is 12.1 Å². The van der Waals surface area contributed by atoms with E-state index in [9.17, 15) is 13.6 Å². The Kier molecular flexibility index (Phi) is 2.53. The van der Waals surface area contributed by atoms with Gasteiger partial charge in [-0.3, -0.25) is 0 Å². The standard InChI is InChI=1S/C11H11F2NO2/c12-11(13)5-6-14(7-11)9-4-2-1-3-8(9)10(15)16/h1-4H,5-7H2,(H,15,16). The summed E-state index contributed by atoms with van der Waals surface area (Å²) in [7, 11) is 0. The van der Waals surface area contributed by atoms with E-state index >= 15 is 0 Å². The number of rotatable bonds is 2. The molecule has 0 bridgehead atoms. The Morgan fingerprint density at radius 2 is 2.06 bits per heavy atom. The summed E-state index contributed by atoms with van der Waals surface area (Å²) >= 11 is 0. The number of hydrogen-bond acceptors (Lipinski definition) is 2. The van der Waals surface area contributed by atoms with Gasteiger partial charge in [0.2, 0.25) is 0 Å². The van der Waals surface area contributed by atoms with Gasteiger partial charge in [-0.2, -0.15) is 0 Å². The van der Waals surface area contributed by atoms with E-state index in [1.165, 1.54) is 11.0 Å². The van der Waals surface area contributed by atoms with Crippen molar-refractivity contribution < 1.29 is 18.7 Å². The zero-order valence-electron chi connectivity index (χ0n) is 8.49. The maximum atomic E-state index is 13.0. The van der Waals surface area contributed by atoms with Gasteiger partial charge in [0.15, 0.2) is 0 Å². The molecule has 0 spiro atoms. The number of para-hydroxylation sites is 1. The fourth-order valence-corrected chi connectivity index (χ4v) is 1.87. The third kappa shape index (κ3) is 1.98. The fourth-order valence-electron chi connectivity index (χ4n) is 1.87. The Balaban J connectivity index is 2.31. The highest BCUT2D eigenvalue weighted by molar-refractivity contribution is 5.94. The molecule has 5 heteroatoms. The highest BCUT2D eigenvalue weighted by atomic mass is 19.3. The smallest absolute Gasteiger partial charge is 0.337 e. The second-order valence-corrected chi connectivity index (χ2v) is 3.85. The summed E-state index contributed by atoms with van der Waals surface area (Å²) in [6, 6.07) is 6.22. The number of benzene rings is 1. The van der Waals surface area contributed by atoms with Crippen LogP contribution in [-0.2, 0) is 0 Å². The molecule has 0 aliphatic carbocycles. The van der Waals surface area contributed by atoms with Crippen LogP contribution in [0.4, 0.5) is 14.5 Å². The Bertz CT molecular complexity index is 420. The first kappa shape index (κ1) is 10.9. The fraction of sp³-hybridized carbons (Fsp3) is 0.364. The molecule has 16 heavy (non-hydrogen) atoms. The second kappa shape index (κ2) is 3.73. The molecule has 0 amide bonds. The molecule has 0 atom stereocenters. The summed E-state index contributed by atoms with van der Waals surface area (Å²) in [5, 5.41) is 8.94. The zero-order chi connectivity index (χ0) is 11.8. The molecule has 1 aliphatic heterocycles. The lowest BCUT2D eigenvalue weighted by atomic mass is 10.1. The van der Waals surface area contributed by atoms with Crippen molar-refractivity contribution in [1.82, 2.24) is 0 Å². The van der Waals surface area contributed by atoms with Crippen LogP contribution in [0.15, 0.2) is 24.3 Å². The van der Waals surface area contributed by atoms with Crippen LogP contribution in [0, 0.1) is 0 Å². The Morgan fingerprint density at radius 1 is 1.38 bits per heavy atom. The summed E-state index contributed by atoms with van der Waals surface area (Å²) in [5.74, 6) is -3.81. The van der Waals surface area contributed by atoms with Crippen LogP contribution in [-0.4, -0.2) is 30.1 Å². The molecular weight excluding hydrogens is 216 g/mol. The van der Waals surface area contributed by atoms with E-state index in [2.05, 4.69) is 0 Å². The van der Waals surface area contributed by atoms with Gasteiger partial charge in [-0.1, -0.05) is 12.1 Å². The SMILES string of the molecule is O=C(O)c1ccccc1N1CCC(F)(F)C1. The monoisotopic (exact) mass is 227 g/mol. The van der Waals surface area contributed by atoms with Gasteiger partial charge < -0.3 is 10.0 Å². The van der Waals surface area contributed by atoms with E-state index in [4.69, 9.17) is 5.11 Å². The topological polar surface area (TPSA) is 40.5 Å². The van der Waals surface area contributed by atoms with E-state index < -0.39 is 18.4 Å². The highest BCUT2D eigenvalue weighted by Gasteiger charge is 2.39. The maximum absolute atomic E-state index is 13.0. The summed E-state index contributed by atoms with van der Waals surface area (Å²) in [6.07, 6.45) is -0.221. The lowest BCUT2D eigenvalue weighted by molar-refractivity contribution is 0.0256. The molecule has 86 valence electrons. The number of carboxylic acids is 1. The summed E-state index contributed by atoms with van der Waals surface area (Å²) in [4.78, 5) is 12.3. The van der Waals surface area contributed by atoms with Crippen LogP contribution < -0.4 is 4.90 Å². The van der Waals surface area contributed by atoms with E-state index in [1.807, 2.05) is 0 Å². The highest BCUT2D eigenvalue weighted by Crippen LogP contribution is 2.32. The van der Waals surface area contributed by atoms with E-state index in [0.29, 0.717) is 5.69 Å². The Labute approximate surface area is 91.3 Å². The number of halogens is 2.